The van der Waals surface area contributed by atoms with Crippen LogP contribution in [0.2, 0.25) is 0 Å². The van der Waals surface area contributed by atoms with Gasteiger partial charge in [-0.05, 0) is 72.0 Å². The van der Waals surface area contributed by atoms with Gasteiger partial charge in [-0.15, -0.1) is 0 Å². The van der Waals surface area contributed by atoms with Gasteiger partial charge in [0.2, 0.25) is 0 Å². The first-order valence-electron chi connectivity index (χ1n) is 19.4. The molecule has 56 heavy (non-hydrogen) atoms. The fraction of sp³-hybridized carbons (Fsp3) is 0.500. The highest BCUT2D eigenvalue weighted by Crippen LogP contribution is 2.40. The fourth-order valence-corrected chi connectivity index (χ4v) is 7.19. The lowest BCUT2D eigenvalue weighted by Crippen LogP contribution is -2.52. The second-order valence-electron chi connectivity index (χ2n) is 14.1. The molecule has 12 heteroatoms. The van der Waals surface area contributed by atoms with Gasteiger partial charge in [-0.2, -0.15) is 0 Å². The maximum absolute atomic E-state index is 12.6. The molecular weight excluding hydrogens is 716 g/mol. The van der Waals surface area contributed by atoms with Crippen LogP contribution in [0.4, 0.5) is 0 Å². The van der Waals surface area contributed by atoms with E-state index in [1.54, 1.807) is 35.5 Å². The average molecular weight is 778 g/mol. The van der Waals surface area contributed by atoms with Crippen molar-refractivity contribution in [1.29, 1.82) is 0 Å². The summed E-state index contributed by atoms with van der Waals surface area (Å²) in [5.41, 5.74) is 4.80. The molecule has 0 aromatic heterocycles. The lowest BCUT2D eigenvalue weighted by Gasteiger charge is -2.46. The molecule has 0 spiro atoms. The van der Waals surface area contributed by atoms with Gasteiger partial charge in [0.15, 0.2) is 23.0 Å². The number of carbonyl (C=O) groups is 2. The highest BCUT2D eigenvalue weighted by Gasteiger charge is 2.39. The Bertz CT molecular complexity index is 1730. The molecule has 306 valence electrons. The van der Waals surface area contributed by atoms with E-state index in [0.29, 0.717) is 62.1 Å². The number of nitrogens with zero attached hydrogens (tertiary/aromatic N) is 2. The maximum atomic E-state index is 12.6. The van der Waals surface area contributed by atoms with Gasteiger partial charge in [0.25, 0.3) is 0 Å². The Labute approximate surface area is 332 Å². The van der Waals surface area contributed by atoms with Gasteiger partial charge in [0, 0.05) is 63.2 Å². The van der Waals surface area contributed by atoms with Gasteiger partial charge in [-0.25, -0.2) is 9.59 Å². The van der Waals surface area contributed by atoms with Crippen molar-refractivity contribution in [3.63, 3.8) is 0 Å². The van der Waals surface area contributed by atoms with E-state index in [2.05, 4.69) is 37.1 Å². The monoisotopic (exact) mass is 777 g/mol. The van der Waals surface area contributed by atoms with Gasteiger partial charge >= 0.3 is 11.9 Å². The zero-order valence-electron chi connectivity index (χ0n) is 34.3. The minimum Gasteiger partial charge on any atom is -0.497 e. The highest BCUT2D eigenvalue weighted by molar-refractivity contribution is 5.91. The van der Waals surface area contributed by atoms with Crippen LogP contribution in [0.1, 0.15) is 54.5 Å². The van der Waals surface area contributed by atoms with Crippen molar-refractivity contribution >= 4 is 11.9 Å². The molecule has 1 aliphatic rings. The second kappa shape index (κ2) is 22.7. The first-order valence-corrected chi connectivity index (χ1v) is 19.4. The zero-order chi connectivity index (χ0) is 40.3. The number of carbonyl (C=O) groups excluding carboxylic acids is 2. The van der Waals surface area contributed by atoms with Crippen molar-refractivity contribution in [3.05, 3.63) is 89.0 Å². The minimum absolute atomic E-state index is 0.167. The summed E-state index contributed by atoms with van der Waals surface area (Å²) in [5, 5.41) is 0. The molecule has 0 amide bonds. The lowest BCUT2D eigenvalue weighted by molar-refractivity contribution is -0.941. The highest BCUT2D eigenvalue weighted by atomic mass is 16.5. The summed E-state index contributed by atoms with van der Waals surface area (Å²) in [6, 6.07) is 18.5. The number of esters is 2. The van der Waals surface area contributed by atoms with Crippen LogP contribution in [0.25, 0.3) is 0 Å². The number of likely N-dealkylation sites (N-methyl/N-ethyl adjacent to an activating group) is 1. The van der Waals surface area contributed by atoms with Crippen molar-refractivity contribution in [3.8, 4) is 28.7 Å². The third kappa shape index (κ3) is 12.9. The molecular formula is C44H61N2O10+. The molecule has 0 saturated carbocycles. The first kappa shape index (κ1) is 43.9. The number of fused-ring (bicyclic) bond motifs is 1. The average Bonchev–Trinajstić information content (AvgIpc) is 3.22. The van der Waals surface area contributed by atoms with Gasteiger partial charge in [0.1, 0.15) is 11.8 Å². The summed E-state index contributed by atoms with van der Waals surface area (Å²) in [6.45, 7) is 7.68. The van der Waals surface area contributed by atoms with E-state index >= 15 is 0 Å². The summed E-state index contributed by atoms with van der Waals surface area (Å²) in [7, 11) is 10.5. The predicted octanol–water partition coefficient (Wildman–Crippen LogP) is 6.37. The van der Waals surface area contributed by atoms with Crippen molar-refractivity contribution < 1.29 is 52.0 Å². The topological polar surface area (TPSA) is 111 Å². The van der Waals surface area contributed by atoms with E-state index in [1.807, 2.05) is 36.4 Å². The van der Waals surface area contributed by atoms with Crippen LogP contribution >= 0.6 is 0 Å². The van der Waals surface area contributed by atoms with Gasteiger partial charge in [-0.3, -0.25) is 4.90 Å². The van der Waals surface area contributed by atoms with Crippen molar-refractivity contribution in [1.82, 2.24) is 4.90 Å². The van der Waals surface area contributed by atoms with Gasteiger partial charge in [0.05, 0.1) is 75.5 Å². The maximum Gasteiger partial charge on any atom is 0.331 e. The van der Waals surface area contributed by atoms with Crippen molar-refractivity contribution in [2.24, 2.45) is 0 Å². The zero-order valence-corrected chi connectivity index (χ0v) is 34.3. The molecule has 0 bridgehead atoms. The van der Waals surface area contributed by atoms with Crippen LogP contribution < -0.4 is 23.7 Å². The number of rotatable bonds is 24. The molecule has 3 aromatic carbocycles. The Kier molecular flexibility index (Phi) is 17.8. The molecule has 1 aliphatic heterocycles. The van der Waals surface area contributed by atoms with Gasteiger partial charge < -0.3 is 42.4 Å². The number of hydrogen-bond acceptors (Lipinski definition) is 11. The fourth-order valence-electron chi connectivity index (χ4n) is 7.19. The van der Waals surface area contributed by atoms with E-state index in [0.717, 1.165) is 72.4 Å². The van der Waals surface area contributed by atoms with Crippen LogP contribution in [-0.2, 0) is 43.2 Å². The molecule has 1 heterocycles. The number of benzene rings is 3. The van der Waals surface area contributed by atoms with E-state index in [1.165, 1.54) is 11.1 Å². The van der Waals surface area contributed by atoms with Crippen LogP contribution in [0.3, 0.4) is 0 Å². The first-order chi connectivity index (χ1) is 27.2. The standard InChI is InChI=1S/C44H61N2O10/c1-8-24-54-27-21-45(32-34-12-16-40(51-5)42(30-34)53-7)20-9-25-55-43(47)17-18-44(48)56-26-10-22-46(2)23-19-35-31-36(49-3)13-14-37(35)38(46)28-33-11-15-39(50-4)41(29-33)52-6/h11-18,29-31,38H,8-10,19-28,32H2,1-7H3/q+1/b18-17-/t38-,46-/m1/s1. The Balaban J connectivity index is 1.25. The van der Waals surface area contributed by atoms with E-state index in [-0.39, 0.29) is 19.3 Å². The largest absolute Gasteiger partial charge is 0.497 e. The SMILES string of the molecule is CCCOCCN(CCCOC(=O)/C=C\C(=O)OCCC[N@+]1(C)CCc2cc(OC)ccc2[C@H]1Cc1ccc(OC)c(OC)c1)Cc1ccc(OC)c(OC)c1. The number of ether oxygens (including phenoxy) is 8. The molecule has 2 atom stereocenters. The lowest BCUT2D eigenvalue weighted by atomic mass is 9.86. The normalized spacial score (nSPS) is 16.3. The Morgan fingerprint density at radius 2 is 1.34 bits per heavy atom. The molecule has 0 fully saturated rings. The molecule has 0 saturated heterocycles. The molecule has 0 aliphatic carbocycles. The summed E-state index contributed by atoms with van der Waals surface area (Å²) < 4.78 is 44.8. The molecule has 0 N–H and O–H groups in total. The molecule has 12 nitrogen and oxygen atoms in total. The van der Waals surface area contributed by atoms with Crippen molar-refractivity contribution in [2.45, 2.75) is 51.6 Å². The van der Waals surface area contributed by atoms with E-state index < -0.39 is 11.9 Å². The Hall–Kier alpha value is -4.78. The quantitative estimate of drug-likeness (QED) is 0.0438. The number of methoxy groups -OCH3 is 5. The third-order valence-electron chi connectivity index (χ3n) is 10.3. The van der Waals surface area contributed by atoms with Crippen LogP contribution in [-0.4, -0.2) is 117 Å². The summed E-state index contributed by atoms with van der Waals surface area (Å²) in [4.78, 5) is 27.2. The Morgan fingerprint density at radius 3 is 1.96 bits per heavy atom. The predicted molar refractivity (Wildman–Crippen MR) is 215 cm³/mol. The second-order valence-corrected chi connectivity index (χ2v) is 14.1. The summed E-state index contributed by atoms with van der Waals surface area (Å²) in [5.74, 6) is 2.44. The molecule has 3 aromatic rings. The van der Waals surface area contributed by atoms with Crippen molar-refractivity contribution in [2.75, 3.05) is 95.2 Å². The summed E-state index contributed by atoms with van der Waals surface area (Å²) >= 11 is 0. The van der Waals surface area contributed by atoms with E-state index in [9.17, 15) is 9.59 Å². The molecule has 0 unspecified atom stereocenters. The Morgan fingerprint density at radius 1 is 0.714 bits per heavy atom. The minimum atomic E-state index is -0.584. The van der Waals surface area contributed by atoms with E-state index in [4.69, 9.17) is 37.9 Å². The smallest absolute Gasteiger partial charge is 0.331 e. The summed E-state index contributed by atoms with van der Waals surface area (Å²) in [6.07, 6.45) is 6.22. The third-order valence-corrected chi connectivity index (χ3v) is 10.3. The van der Waals surface area contributed by atoms with Gasteiger partial charge in [-0.1, -0.05) is 19.1 Å². The van der Waals surface area contributed by atoms with Crippen LogP contribution in [0.5, 0.6) is 28.7 Å². The molecule has 4 rings (SSSR count). The number of quaternary nitrogens is 1. The van der Waals surface area contributed by atoms with Crippen LogP contribution in [0.15, 0.2) is 66.7 Å². The number of hydrogen-bond donors (Lipinski definition) is 0. The molecule has 0 radical (unpaired) electrons. The van der Waals surface area contributed by atoms with Crippen LogP contribution in [0, 0.1) is 0 Å².